The summed E-state index contributed by atoms with van der Waals surface area (Å²) < 4.78 is 5.52. The molecule has 0 spiro atoms. The van der Waals surface area contributed by atoms with Crippen molar-refractivity contribution >= 4 is 17.5 Å². The predicted molar refractivity (Wildman–Crippen MR) is 95.1 cm³/mol. The molecule has 2 rings (SSSR count). The first kappa shape index (κ1) is 18.3. The number of anilines is 1. The molecule has 0 saturated heterocycles. The van der Waals surface area contributed by atoms with E-state index in [2.05, 4.69) is 5.32 Å². The van der Waals surface area contributed by atoms with Gasteiger partial charge in [0, 0.05) is 25.9 Å². The monoisotopic (exact) mass is 332 g/mol. The van der Waals surface area contributed by atoms with Crippen LogP contribution in [-0.4, -0.2) is 35.9 Å². The van der Waals surface area contributed by atoms with Gasteiger partial charge in [0.1, 0.15) is 5.75 Å². The van der Waals surface area contributed by atoms with E-state index < -0.39 is 0 Å². The van der Waals surface area contributed by atoms with E-state index in [1.54, 1.807) is 6.92 Å². The third-order valence-electron chi connectivity index (χ3n) is 4.46. The highest BCUT2D eigenvalue weighted by Crippen LogP contribution is 2.25. The van der Waals surface area contributed by atoms with Gasteiger partial charge in [0.05, 0.1) is 12.3 Å². The quantitative estimate of drug-likeness (QED) is 0.830. The van der Waals surface area contributed by atoms with Crippen molar-refractivity contribution in [2.24, 2.45) is 0 Å². The van der Waals surface area contributed by atoms with Crippen molar-refractivity contribution in [3.8, 4) is 5.75 Å². The van der Waals surface area contributed by atoms with Crippen LogP contribution in [0.5, 0.6) is 5.75 Å². The van der Waals surface area contributed by atoms with E-state index >= 15 is 0 Å². The standard InChI is InChI=1S/C19H28N2O3/c1-3-24-18-12-8-7-11-17(18)20-19(23)13-14-21(15(2)22)16-9-5-4-6-10-16/h7-8,11-12,16H,3-6,9-10,13-14H2,1-2H3,(H,20,23). The maximum atomic E-state index is 12.3. The highest BCUT2D eigenvalue weighted by atomic mass is 16.5. The molecule has 5 nitrogen and oxygen atoms in total. The number of hydrogen-bond acceptors (Lipinski definition) is 3. The van der Waals surface area contributed by atoms with Gasteiger partial charge in [-0.15, -0.1) is 0 Å². The Balaban J connectivity index is 1.90. The largest absolute Gasteiger partial charge is 0.492 e. The third-order valence-corrected chi connectivity index (χ3v) is 4.46. The van der Waals surface area contributed by atoms with E-state index in [4.69, 9.17) is 4.74 Å². The number of carbonyl (C=O) groups is 2. The lowest BCUT2D eigenvalue weighted by molar-refractivity contribution is -0.132. The normalized spacial score (nSPS) is 14.9. The van der Waals surface area contributed by atoms with Gasteiger partial charge in [-0.2, -0.15) is 0 Å². The molecule has 24 heavy (non-hydrogen) atoms. The van der Waals surface area contributed by atoms with Crippen molar-refractivity contribution in [1.82, 2.24) is 4.90 Å². The van der Waals surface area contributed by atoms with Crippen LogP contribution >= 0.6 is 0 Å². The SMILES string of the molecule is CCOc1ccccc1NC(=O)CCN(C(C)=O)C1CCCCC1. The Hall–Kier alpha value is -2.04. The Morgan fingerprint density at radius 1 is 1.21 bits per heavy atom. The molecular weight excluding hydrogens is 304 g/mol. The second-order valence-corrected chi connectivity index (χ2v) is 6.23. The van der Waals surface area contributed by atoms with E-state index in [-0.39, 0.29) is 11.8 Å². The van der Waals surface area contributed by atoms with Gasteiger partial charge >= 0.3 is 0 Å². The molecule has 0 aliphatic heterocycles. The second-order valence-electron chi connectivity index (χ2n) is 6.23. The van der Waals surface area contributed by atoms with Crippen LogP contribution in [0, 0.1) is 0 Å². The predicted octanol–water partition coefficient (Wildman–Crippen LogP) is 3.60. The molecule has 0 heterocycles. The van der Waals surface area contributed by atoms with Crippen LogP contribution in [-0.2, 0) is 9.59 Å². The molecule has 1 saturated carbocycles. The van der Waals surface area contributed by atoms with Gasteiger partial charge in [-0.1, -0.05) is 31.4 Å². The summed E-state index contributed by atoms with van der Waals surface area (Å²) in [4.78, 5) is 26.1. The fourth-order valence-corrected chi connectivity index (χ4v) is 3.28. The molecule has 5 heteroatoms. The fourth-order valence-electron chi connectivity index (χ4n) is 3.28. The van der Waals surface area contributed by atoms with E-state index in [9.17, 15) is 9.59 Å². The first-order valence-electron chi connectivity index (χ1n) is 8.90. The van der Waals surface area contributed by atoms with Crippen LogP contribution in [0.1, 0.15) is 52.4 Å². The Labute approximate surface area is 144 Å². The number of ether oxygens (including phenoxy) is 1. The molecule has 1 N–H and O–H groups in total. The van der Waals surface area contributed by atoms with Crippen LogP contribution in [0.15, 0.2) is 24.3 Å². The van der Waals surface area contributed by atoms with Crippen LogP contribution in [0.25, 0.3) is 0 Å². The minimum Gasteiger partial charge on any atom is -0.492 e. The average Bonchev–Trinajstić information content (AvgIpc) is 2.58. The van der Waals surface area contributed by atoms with Crippen LogP contribution in [0.3, 0.4) is 0 Å². The molecule has 1 aliphatic carbocycles. The third kappa shape index (κ3) is 5.25. The number of benzene rings is 1. The summed E-state index contributed by atoms with van der Waals surface area (Å²) in [5.74, 6) is 0.637. The molecule has 1 fully saturated rings. The number of carbonyl (C=O) groups excluding carboxylic acids is 2. The zero-order valence-electron chi connectivity index (χ0n) is 14.7. The molecule has 1 aromatic carbocycles. The van der Waals surface area contributed by atoms with Crippen molar-refractivity contribution < 1.29 is 14.3 Å². The molecule has 0 aromatic heterocycles. The Morgan fingerprint density at radius 3 is 2.58 bits per heavy atom. The van der Waals surface area contributed by atoms with Crippen molar-refractivity contribution in [3.05, 3.63) is 24.3 Å². The highest BCUT2D eigenvalue weighted by molar-refractivity contribution is 5.92. The van der Waals surface area contributed by atoms with E-state index in [1.165, 1.54) is 19.3 Å². The molecule has 0 atom stereocenters. The van der Waals surface area contributed by atoms with Crippen LogP contribution < -0.4 is 10.1 Å². The topological polar surface area (TPSA) is 58.6 Å². The molecule has 0 unspecified atom stereocenters. The number of nitrogens with zero attached hydrogens (tertiary/aromatic N) is 1. The average molecular weight is 332 g/mol. The van der Waals surface area contributed by atoms with Gasteiger partial charge in [0.2, 0.25) is 11.8 Å². The minimum absolute atomic E-state index is 0.0596. The van der Waals surface area contributed by atoms with Crippen molar-refractivity contribution in [2.45, 2.75) is 58.4 Å². The second kappa shape index (κ2) is 9.30. The smallest absolute Gasteiger partial charge is 0.226 e. The summed E-state index contributed by atoms with van der Waals surface area (Å²) in [7, 11) is 0. The van der Waals surface area contributed by atoms with Gasteiger partial charge in [-0.25, -0.2) is 0 Å². The summed E-state index contributed by atoms with van der Waals surface area (Å²) in [5.41, 5.74) is 0.677. The summed E-state index contributed by atoms with van der Waals surface area (Å²) in [6.45, 7) is 4.53. The van der Waals surface area contributed by atoms with Crippen molar-refractivity contribution in [1.29, 1.82) is 0 Å². The number of rotatable bonds is 7. The lowest BCUT2D eigenvalue weighted by Gasteiger charge is -2.33. The lowest BCUT2D eigenvalue weighted by Crippen LogP contribution is -2.41. The van der Waals surface area contributed by atoms with Crippen LogP contribution in [0.2, 0.25) is 0 Å². The van der Waals surface area contributed by atoms with E-state index in [0.717, 1.165) is 12.8 Å². The summed E-state index contributed by atoms with van der Waals surface area (Å²) in [6.07, 6.45) is 5.99. The molecule has 2 amide bonds. The van der Waals surface area contributed by atoms with Gasteiger partial charge in [-0.3, -0.25) is 9.59 Å². The fraction of sp³-hybridized carbons (Fsp3) is 0.579. The summed E-state index contributed by atoms with van der Waals surface area (Å²) >= 11 is 0. The van der Waals surface area contributed by atoms with Gasteiger partial charge in [-0.05, 0) is 31.9 Å². The van der Waals surface area contributed by atoms with Crippen LogP contribution in [0.4, 0.5) is 5.69 Å². The van der Waals surface area contributed by atoms with Gasteiger partial charge < -0.3 is 15.0 Å². The zero-order valence-corrected chi connectivity index (χ0v) is 14.7. The summed E-state index contributed by atoms with van der Waals surface area (Å²) in [6, 6.07) is 7.69. The number of para-hydroxylation sites is 2. The van der Waals surface area contributed by atoms with E-state index in [1.807, 2.05) is 36.1 Å². The number of nitrogens with one attached hydrogen (secondary N) is 1. The molecule has 1 aliphatic rings. The van der Waals surface area contributed by atoms with Gasteiger partial charge in [0.15, 0.2) is 0 Å². The zero-order chi connectivity index (χ0) is 17.4. The van der Waals surface area contributed by atoms with E-state index in [0.29, 0.717) is 37.1 Å². The van der Waals surface area contributed by atoms with Gasteiger partial charge in [0.25, 0.3) is 0 Å². The number of hydrogen-bond donors (Lipinski definition) is 1. The molecular formula is C19H28N2O3. The molecule has 132 valence electrons. The Morgan fingerprint density at radius 2 is 1.92 bits per heavy atom. The first-order valence-corrected chi connectivity index (χ1v) is 8.90. The maximum Gasteiger partial charge on any atom is 0.226 e. The molecule has 0 radical (unpaired) electrons. The summed E-state index contributed by atoms with van der Waals surface area (Å²) in [5, 5.41) is 2.89. The molecule has 0 bridgehead atoms. The number of amides is 2. The molecule has 1 aromatic rings. The first-order chi connectivity index (χ1) is 11.6. The Bertz CT molecular complexity index is 553. The van der Waals surface area contributed by atoms with Crippen molar-refractivity contribution in [3.63, 3.8) is 0 Å². The highest BCUT2D eigenvalue weighted by Gasteiger charge is 2.23. The Kier molecular flexibility index (Phi) is 7.09. The lowest BCUT2D eigenvalue weighted by atomic mass is 9.94. The maximum absolute atomic E-state index is 12.3. The minimum atomic E-state index is -0.0933. The van der Waals surface area contributed by atoms with Crippen molar-refractivity contribution in [2.75, 3.05) is 18.5 Å².